The monoisotopic (exact) mass is 439 g/mol. The van der Waals surface area contributed by atoms with Gasteiger partial charge in [0.25, 0.3) is 0 Å². The summed E-state index contributed by atoms with van der Waals surface area (Å²) < 4.78 is 46.7. The lowest BCUT2D eigenvalue weighted by Gasteiger charge is -2.36. The van der Waals surface area contributed by atoms with E-state index in [1.54, 1.807) is 6.20 Å². The summed E-state index contributed by atoms with van der Waals surface area (Å²) in [7, 11) is 0. The number of rotatable bonds is 4. The van der Waals surface area contributed by atoms with Crippen molar-refractivity contribution in [1.29, 1.82) is 0 Å². The number of aromatic amines is 1. The van der Waals surface area contributed by atoms with Crippen molar-refractivity contribution in [3.05, 3.63) is 29.6 Å². The molecule has 2 aromatic rings. The number of ether oxygens (including phenoxy) is 1. The molecule has 2 aliphatic heterocycles. The van der Waals surface area contributed by atoms with Crippen LogP contribution in [0.3, 0.4) is 0 Å². The summed E-state index contributed by atoms with van der Waals surface area (Å²) in [5.41, 5.74) is -3.47. The van der Waals surface area contributed by atoms with Crippen molar-refractivity contribution in [1.82, 2.24) is 15.2 Å². The van der Waals surface area contributed by atoms with Crippen LogP contribution in [-0.2, 0) is 10.4 Å². The Balaban J connectivity index is 1.51. The first-order valence-corrected chi connectivity index (χ1v) is 10.1. The van der Waals surface area contributed by atoms with Crippen LogP contribution in [-0.4, -0.2) is 51.6 Å². The zero-order valence-electron chi connectivity index (χ0n) is 17.2. The lowest BCUT2D eigenvalue weighted by molar-refractivity contribution is -0.267. The van der Waals surface area contributed by atoms with Crippen LogP contribution in [0.2, 0.25) is 0 Å². The molecule has 0 spiro atoms. The first-order valence-electron chi connectivity index (χ1n) is 10.1. The van der Waals surface area contributed by atoms with Crippen LogP contribution in [0.1, 0.15) is 50.3 Å². The maximum atomic E-state index is 13.7. The minimum absolute atomic E-state index is 0.0447. The maximum Gasteiger partial charge on any atom is 0.422 e. The van der Waals surface area contributed by atoms with Crippen LogP contribution < -0.4 is 15.0 Å². The average Bonchev–Trinajstić information content (AvgIpc) is 3.12. The Hall–Kier alpha value is -2.82. The van der Waals surface area contributed by atoms with Crippen molar-refractivity contribution in [3.63, 3.8) is 0 Å². The second kappa shape index (κ2) is 7.70. The average molecular weight is 439 g/mol. The fraction of sp³-hybridized carbons (Fsp3) is 0.550. The normalized spacial score (nSPS) is 22.4. The van der Waals surface area contributed by atoms with E-state index in [-0.39, 0.29) is 29.1 Å². The number of piperidine rings is 1. The van der Waals surface area contributed by atoms with E-state index in [1.165, 1.54) is 0 Å². The summed E-state index contributed by atoms with van der Waals surface area (Å²) in [6.07, 6.45) is -3.32. The molecule has 2 aromatic heterocycles. The third-order valence-electron chi connectivity index (χ3n) is 5.66. The highest BCUT2D eigenvalue weighted by molar-refractivity contribution is 5.94. The van der Waals surface area contributed by atoms with E-state index in [2.05, 4.69) is 20.5 Å². The van der Waals surface area contributed by atoms with Crippen molar-refractivity contribution in [3.8, 4) is 5.75 Å². The molecular formula is C20H24F3N5O3. The third kappa shape index (κ3) is 3.93. The molecule has 1 amide bonds. The quantitative estimate of drug-likeness (QED) is 0.677. The van der Waals surface area contributed by atoms with Gasteiger partial charge >= 0.3 is 6.18 Å². The lowest BCUT2D eigenvalue weighted by atomic mass is 9.81. The number of nitrogens with one attached hydrogen (secondary N) is 2. The number of carbonyl (C=O) groups excluding carboxylic acids is 1. The summed E-state index contributed by atoms with van der Waals surface area (Å²) in [5, 5.41) is 19.3. The number of fused-ring (bicyclic) bond motifs is 1. The molecular weight excluding hydrogens is 415 g/mol. The van der Waals surface area contributed by atoms with Crippen LogP contribution in [0.5, 0.6) is 5.75 Å². The molecule has 0 radical (unpaired) electrons. The van der Waals surface area contributed by atoms with Crippen molar-refractivity contribution in [2.24, 2.45) is 0 Å². The molecule has 11 heteroatoms. The second-order valence-corrected chi connectivity index (χ2v) is 8.22. The summed E-state index contributed by atoms with van der Waals surface area (Å²) in [4.78, 5) is 18.2. The van der Waals surface area contributed by atoms with Gasteiger partial charge in [0.15, 0.2) is 5.60 Å². The molecule has 1 fully saturated rings. The number of amides is 1. The standard InChI is InChI=1S/C20H24F3N5O3/c1-11(2)31-13-3-4-14(24-10-13)28-7-5-12(6-8-28)17-16-18(27-26-17)25-15(29)9-19(16,30)20(21,22)23/h3-4,10-12,30H,5-9H2,1-2H3,(H2,25,26,27,29). The molecule has 1 saturated heterocycles. The fourth-order valence-electron chi connectivity index (χ4n) is 4.19. The molecule has 4 rings (SSSR count). The number of nitrogens with zero attached hydrogens (tertiary/aromatic N) is 3. The Bertz CT molecular complexity index is 952. The molecule has 4 heterocycles. The number of carbonyl (C=O) groups is 1. The molecule has 8 nitrogen and oxygen atoms in total. The Morgan fingerprint density at radius 2 is 2.00 bits per heavy atom. The molecule has 31 heavy (non-hydrogen) atoms. The number of anilines is 2. The van der Waals surface area contributed by atoms with Crippen molar-refractivity contribution in [2.45, 2.75) is 56.9 Å². The Morgan fingerprint density at radius 3 is 2.58 bits per heavy atom. The summed E-state index contributed by atoms with van der Waals surface area (Å²) in [6.45, 7) is 5.00. The zero-order chi connectivity index (χ0) is 22.4. The number of alkyl halides is 3. The molecule has 1 atom stereocenters. The predicted molar refractivity (Wildman–Crippen MR) is 106 cm³/mol. The minimum Gasteiger partial charge on any atom is -0.489 e. The van der Waals surface area contributed by atoms with E-state index in [0.29, 0.717) is 31.7 Å². The SMILES string of the molecule is CC(C)Oc1ccc(N2CCC(c3n[nH]c4c3C(O)(C(F)(F)F)CC(=O)N4)CC2)nc1. The first-order chi connectivity index (χ1) is 14.6. The number of H-pyrrole nitrogens is 1. The predicted octanol–water partition coefficient (Wildman–Crippen LogP) is 3.07. The van der Waals surface area contributed by atoms with Gasteiger partial charge in [0.05, 0.1) is 30.0 Å². The van der Waals surface area contributed by atoms with Crippen LogP contribution >= 0.6 is 0 Å². The van der Waals surface area contributed by atoms with Crippen LogP contribution in [0, 0.1) is 0 Å². The highest BCUT2D eigenvalue weighted by atomic mass is 19.4. The number of pyridine rings is 1. The summed E-state index contributed by atoms with van der Waals surface area (Å²) >= 11 is 0. The third-order valence-corrected chi connectivity index (χ3v) is 5.66. The van der Waals surface area contributed by atoms with Crippen molar-refractivity contribution < 1.29 is 27.8 Å². The Kier molecular flexibility index (Phi) is 5.32. The summed E-state index contributed by atoms with van der Waals surface area (Å²) in [5.74, 6) is 0.0517. The van der Waals surface area contributed by atoms with Gasteiger partial charge in [0.2, 0.25) is 5.91 Å². The van der Waals surface area contributed by atoms with Gasteiger partial charge in [-0.3, -0.25) is 9.89 Å². The van der Waals surface area contributed by atoms with E-state index in [9.17, 15) is 23.1 Å². The van der Waals surface area contributed by atoms with Gasteiger partial charge in [-0.2, -0.15) is 18.3 Å². The number of halogens is 3. The molecule has 168 valence electrons. The van der Waals surface area contributed by atoms with Gasteiger partial charge in [-0.15, -0.1) is 0 Å². The molecule has 0 aliphatic carbocycles. The topological polar surface area (TPSA) is 103 Å². The molecule has 0 bridgehead atoms. The first kappa shape index (κ1) is 21.4. The van der Waals surface area contributed by atoms with Crippen molar-refractivity contribution >= 4 is 17.5 Å². The van der Waals surface area contributed by atoms with Gasteiger partial charge in [0, 0.05) is 19.0 Å². The van der Waals surface area contributed by atoms with Crippen molar-refractivity contribution in [2.75, 3.05) is 23.3 Å². The van der Waals surface area contributed by atoms with Crippen LogP contribution in [0.4, 0.5) is 24.8 Å². The number of aromatic nitrogens is 3. The summed E-state index contributed by atoms with van der Waals surface area (Å²) in [6, 6.07) is 3.69. The highest BCUT2D eigenvalue weighted by Crippen LogP contribution is 2.49. The smallest absolute Gasteiger partial charge is 0.422 e. The molecule has 0 aromatic carbocycles. The molecule has 3 N–H and O–H groups in total. The van der Waals surface area contributed by atoms with Crippen LogP contribution in [0.15, 0.2) is 18.3 Å². The lowest BCUT2D eigenvalue weighted by Crippen LogP contribution is -2.48. The van der Waals surface area contributed by atoms with Gasteiger partial charge in [-0.05, 0) is 38.8 Å². The van der Waals surface area contributed by atoms with E-state index < -0.39 is 24.1 Å². The highest BCUT2D eigenvalue weighted by Gasteiger charge is 2.61. The molecule has 0 saturated carbocycles. The maximum absolute atomic E-state index is 13.7. The molecule has 1 unspecified atom stereocenters. The van der Waals surface area contributed by atoms with Crippen LogP contribution in [0.25, 0.3) is 0 Å². The number of aliphatic hydroxyl groups is 1. The van der Waals surface area contributed by atoms with Gasteiger partial charge in [0.1, 0.15) is 17.4 Å². The molecule has 2 aliphatic rings. The van der Waals surface area contributed by atoms with Gasteiger partial charge in [-0.25, -0.2) is 4.98 Å². The zero-order valence-corrected chi connectivity index (χ0v) is 17.2. The largest absolute Gasteiger partial charge is 0.489 e. The minimum atomic E-state index is -5.00. The van der Waals surface area contributed by atoms with Gasteiger partial charge in [-0.1, -0.05) is 0 Å². The number of hydrogen-bond donors (Lipinski definition) is 3. The van der Waals surface area contributed by atoms with E-state index in [4.69, 9.17) is 4.74 Å². The van der Waals surface area contributed by atoms with E-state index in [1.807, 2.05) is 30.9 Å². The van der Waals surface area contributed by atoms with Gasteiger partial charge < -0.3 is 20.1 Å². The Morgan fingerprint density at radius 1 is 1.29 bits per heavy atom. The van der Waals surface area contributed by atoms with E-state index in [0.717, 1.165) is 5.82 Å². The fourth-order valence-corrected chi connectivity index (χ4v) is 4.19. The number of hydrogen-bond acceptors (Lipinski definition) is 6. The van der Waals surface area contributed by atoms with E-state index >= 15 is 0 Å². The Labute approximate surface area is 176 Å². The second-order valence-electron chi connectivity index (χ2n) is 8.22.